The van der Waals surface area contributed by atoms with Gasteiger partial charge in [-0.05, 0) is 31.6 Å². The summed E-state index contributed by atoms with van der Waals surface area (Å²) in [6, 6.07) is 0.0872. The lowest BCUT2D eigenvalue weighted by Gasteiger charge is -2.24. The molecule has 0 aromatic heterocycles. The minimum atomic E-state index is -0.799. The summed E-state index contributed by atoms with van der Waals surface area (Å²) in [5.41, 5.74) is 0. The molecule has 0 aromatic rings. The van der Waals surface area contributed by atoms with Crippen molar-refractivity contribution in [2.75, 3.05) is 13.1 Å². The molecule has 2 N–H and O–H groups in total. The van der Waals surface area contributed by atoms with Crippen LogP contribution in [0, 0.1) is 17.8 Å². The summed E-state index contributed by atoms with van der Waals surface area (Å²) in [4.78, 5) is 24.8. The van der Waals surface area contributed by atoms with Crippen molar-refractivity contribution in [2.45, 2.75) is 45.6 Å². The Morgan fingerprint density at radius 2 is 1.89 bits per heavy atom. The van der Waals surface area contributed by atoms with Crippen LogP contribution >= 0.6 is 0 Å². The molecule has 3 atom stereocenters. The molecule has 19 heavy (non-hydrogen) atoms. The van der Waals surface area contributed by atoms with Gasteiger partial charge in [0, 0.05) is 19.1 Å². The number of rotatable bonds is 3. The maximum atomic E-state index is 12.1. The molecule has 1 aliphatic heterocycles. The van der Waals surface area contributed by atoms with Gasteiger partial charge in [0.1, 0.15) is 0 Å². The third-order valence-electron chi connectivity index (χ3n) is 4.67. The Morgan fingerprint density at radius 3 is 2.42 bits per heavy atom. The molecule has 1 heterocycles. The second-order valence-electron chi connectivity index (χ2n) is 6.11. The fraction of sp³-hybridized carbons (Fsp3) is 0.857. The van der Waals surface area contributed by atoms with Crippen LogP contribution in [0.5, 0.6) is 0 Å². The van der Waals surface area contributed by atoms with Gasteiger partial charge in [-0.25, -0.2) is 4.79 Å². The second kappa shape index (κ2) is 5.80. The molecule has 0 aromatic carbocycles. The predicted molar refractivity (Wildman–Crippen MR) is 71.8 cm³/mol. The molecular weight excluding hydrogens is 244 g/mol. The molecule has 5 heteroatoms. The van der Waals surface area contributed by atoms with Crippen molar-refractivity contribution in [3.05, 3.63) is 0 Å². The number of carboxylic acids is 1. The predicted octanol–water partition coefficient (Wildman–Crippen LogP) is 1.93. The average molecular weight is 268 g/mol. The lowest BCUT2D eigenvalue weighted by atomic mass is 9.99. The number of urea groups is 1. The highest BCUT2D eigenvalue weighted by atomic mass is 16.4. The van der Waals surface area contributed by atoms with Gasteiger partial charge in [-0.1, -0.05) is 19.8 Å². The molecule has 0 spiro atoms. The number of amides is 2. The number of likely N-dealkylation sites (tertiary alicyclic amines) is 1. The van der Waals surface area contributed by atoms with E-state index in [9.17, 15) is 9.59 Å². The Bertz CT molecular complexity index is 353. The smallest absolute Gasteiger partial charge is 0.317 e. The Kier molecular flexibility index (Phi) is 4.32. The monoisotopic (exact) mass is 268 g/mol. The van der Waals surface area contributed by atoms with E-state index in [1.165, 1.54) is 25.7 Å². The minimum absolute atomic E-state index is 0.0324. The Morgan fingerprint density at radius 1 is 1.26 bits per heavy atom. The first kappa shape index (κ1) is 14.2. The number of hydrogen-bond acceptors (Lipinski definition) is 2. The first-order valence-corrected chi connectivity index (χ1v) is 7.27. The van der Waals surface area contributed by atoms with Crippen molar-refractivity contribution >= 4 is 12.0 Å². The SMILES string of the molecule is CC(NC(=O)N1C[C@@H](C)[C@H](C(=O)O)C1)C1CCCC1. The Hall–Kier alpha value is -1.26. The van der Waals surface area contributed by atoms with Gasteiger partial charge in [-0.3, -0.25) is 4.79 Å². The van der Waals surface area contributed by atoms with E-state index in [1.54, 1.807) is 4.90 Å². The fourth-order valence-corrected chi connectivity index (χ4v) is 3.32. The van der Waals surface area contributed by atoms with Gasteiger partial charge in [0.05, 0.1) is 5.92 Å². The molecule has 2 aliphatic rings. The van der Waals surface area contributed by atoms with Crippen LogP contribution in [0.15, 0.2) is 0 Å². The summed E-state index contributed by atoms with van der Waals surface area (Å²) in [6.07, 6.45) is 4.89. The highest BCUT2D eigenvalue weighted by Crippen LogP contribution is 2.28. The summed E-state index contributed by atoms with van der Waals surface area (Å²) >= 11 is 0. The number of carboxylic acid groups (broad SMARTS) is 1. The molecule has 1 saturated carbocycles. The zero-order valence-electron chi connectivity index (χ0n) is 11.8. The van der Waals surface area contributed by atoms with Crippen LogP contribution in [-0.4, -0.2) is 41.1 Å². The molecule has 2 amide bonds. The van der Waals surface area contributed by atoms with Gasteiger partial charge in [-0.2, -0.15) is 0 Å². The molecule has 1 unspecified atom stereocenters. The maximum Gasteiger partial charge on any atom is 0.317 e. The van der Waals surface area contributed by atoms with Gasteiger partial charge >= 0.3 is 12.0 Å². The number of hydrogen-bond donors (Lipinski definition) is 2. The molecule has 1 saturated heterocycles. The quantitative estimate of drug-likeness (QED) is 0.821. The first-order valence-electron chi connectivity index (χ1n) is 7.27. The maximum absolute atomic E-state index is 12.1. The molecular formula is C14H24N2O3. The van der Waals surface area contributed by atoms with E-state index in [2.05, 4.69) is 12.2 Å². The van der Waals surface area contributed by atoms with Crippen molar-refractivity contribution in [3.63, 3.8) is 0 Å². The summed E-state index contributed by atoms with van der Waals surface area (Å²) in [5, 5.41) is 12.1. The molecule has 0 radical (unpaired) electrons. The standard InChI is InChI=1S/C14H24N2O3/c1-9-7-16(8-12(9)13(17)18)14(19)15-10(2)11-5-3-4-6-11/h9-12H,3-8H2,1-2H3,(H,15,19)(H,17,18)/t9-,10?,12-/m1/s1. The van der Waals surface area contributed by atoms with Gasteiger partial charge in [0.25, 0.3) is 0 Å². The van der Waals surface area contributed by atoms with E-state index in [-0.39, 0.29) is 18.0 Å². The molecule has 1 aliphatic carbocycles. The zero-order chi connectivity index (χ0) is 14.0. The van der Waals surface area contributed by atoms with E-state index < -0.39 is 11.9 Å². The molecule has 5 nitrogen and oxygen atoms in total. The number of aliphatic carboxylic acids is 1. The summed E-state index contributed by atoms with van der Waals surface area (Å²) < 4.78 is 0. The van der Waals surface area contributed by atoms with Crippen LogP contribution in [-0.2, 0) is 4.79 Å². The first-order chi connectivity index (χ1) is 8.99. The minimum Gasteiger partial charge on any atom is -0.481 e. The van der Waals surface area contributed by atoms with Crippen LogP contribution in [0.4, 0.5) is 4.79 Å². The summed E-state index contributed by atoms with van der Waals surface area (Å²) in [5.74, 6) is -0.608. The third kappa shape index (κ3) is 3.19. The van der Waals surface area contributed by atoms with Crippen molar-refractivity contribution in [1.82, 2.24) is 10.2 Å². The van der Waals surface area contributed by atoms with Crippen molar-refractivity contribution in [2.24, 2.45) is 17.8 Å². The number of carbonyl (C=O) groups excluding carboxylic acids is 1. The lowest BCUT2D eigenvalue weighted by molar-refractivity contribution is -0.142. The number of carbonyl (C=O) groups is 2. The molecule has 108 valence electrons. The van der Waals surface area contributed by atoms with Gasteiger partial charge in [0.2, 0.25) is 0 Å². The van der Waals surface area contributed by atoms with Gasteiger partial charge in [-0.15, -0.1) is 0 Å². The highest BCUT2D eigenvalue weighted by Gasteiger charge is 2.37. The average Bonchev–Trinajstić information content (AvgIpc) is 2.96. The Balaban J connectivity index is 1.85. The largest absolute Gasteiger partial charge is 0.481 e. The zero-order valence-corrected chi connectivity index (χ0v) is 11.8. The van der Waals surface area contributed by atoms with Crippen molar-refractivity contribution < 1.29 is 14.7 Å². The summed E-state index contributed by atoms with van der Waals surface area (Å²) in [7, 11) is 0. The number of nitrogens with zero attached hydrogens (tertiary/aromatic N) is 1. The normalized spacial score (nSPS) is 29.5. The molecule has 2 fully saturated rings. The topological polar surface area (TPSA) is 69.6 Å². The van der Waals surface area contributed by atoms with Crippen LogP contribution in [0.2, 0.25) is 0 Å². The highest BCUT2D eigenvalue weighted by molar-refractivity contribution is 5.77. The van der Waals surface area contributed by atoms with Crippen molar-refractivity contribution in [1.29, 1.82) is 0 Å². The van der Waals surface area contributed by atoms with Crippen molar-refractivity contribution in [3.8, 4) is 0 Å². The van der Waals surface area contributed by atoms with Crippen LogP contribution < -0.4 is 5.32 Å². The van der Waals surface area contributed by atoms with E-state index in [4.69, 9.17) is 5.11 Å². The van der Waals surface area contributed by atoms with Crippen LogP contribution in [0.1, 0.15) is 39.5 Å². The summed E-state index contributed by atoms with van der Waals surface area (Å²) in [6.45, 7) is 4.83. The van der Waals surface area contributed by atoms with Crippen LogP contribution in [0.3, 0.4) is 0 Å². The Labute approximate surface area is 114 Å². The van der Waals surface area contributed by atoms with E-state index in [1.807, 2.05) is 6.92 Å². The fourth-order valence-electron chi connectivity index (χ4n) is 3.32. The second-order valence-corrected chi connectivity index (χ2v) is 6.11. The lowest BCUT2D eigenvalue weighted by Crippen LogP contribution is -2.45. The van der Waals surface area contributed by atoms with E-state index in [0.717, 1.165) is 0 Å². The molecule has 2 rings (SSSR count). The van der Waals surface area contributed by atoms with Crippen LogP contribution in [0.25, 0.3) is 0 Å². The number of nitrogens with one attached hydrogen (secondary N) is 1. The van der Waals surface area contributed by atoms with E-state index >= 15 is 0 Å². The van der Waals surface area contributed by atoms with Gasteiger partial charge < -0.3 is 15.3 Å². The molecule has 0 bridgehead atoms. The van der Waals surface area contributed by atoms with Gasteiger partial charge in [0.15, 0.2) is 0 Å². The third-order valence-corrected chi connectivity index (χ3v) is 4.67. The van der Waals surface area contributed by atoms with E-state index in [0.29, 0.717) is 19.0 Å².